The first-order valence-corrected chi connectivity index (χ1v) is 16.6. The molecule has 9 heteroatoms. The molecule has 2 heterocycles. The number of hydrogen-bond donors (Lipinski definition) is 1. The number of fused-ring (bicyclic) bond motifs is 4. The van der Waals surface area contributed by atoms with E-state index >= 15 is 0 Å². The molecular weight excluding hydrogens is 548 g/mol. The van der Waals surface area contributed by atoms with E-state index in [0.29, 0.717) is 23.7 Å². The second-order valence-corrected chi connectivity index (χ2v) is 13.4. The molecule has 1 aliphatic heterocycles. The van der Waals surface area contributed by atoms with E-state index in [1.54, 1.807) is 18.2 Å². The van der Waals surface area contributed by atoms with Gasteiger partial charge in [-0.2, -0.15) is 4.98 Å². The quantitative estimate of drug-likeness (QED) is 0.251. The van der Waals surface area contributed by atoms with Crippen LogP contribution in [0.3, 0.4) is 0 Å². The minimum atomic E-state index is -4.08. The van der Waals surface area contributed by atoms with Crippen molar-refractivity contribution in [1.82, 2.24) is 14.9 Å². The lowest BCUT2D eigenvalue weighted by Gasteiger charge is -2.33. The van der Waals surface area contributed by atoms with E-state index in [2.05, 4.69) is 35.5 Å². The number of nitrogens with zero attached hydrogens (tertiary/aromatic N) is 3. The van der Waals surface area contributed by atoms with Crippen molar-refractivity contribution in [1.29, 1.82) is 0 Å². The normalized spacial score (nSPS) is 16.7. The molecule has 0 fully saturated rings. The third-order valence-corrected chi connectivity index (χ3v) is 9.00. The third-order valence-electron chi connectivity index (χ3n) is 7.68. The maximum Gasteiger partial charge on any atom is 0.264 e. The Kier molecular flexibility index (Phi) is 10.6. The highest BCUT2D eigenvalue weighted by atomic mass is 32.2. The molecule has 4 bridgehead atoms. The number of aryl methyl sites for hydroxylation is 2. The number of carbonyl (C=O) groups excluding carboxylic acids is 1. The fourth-order valence-electron chi connectivity index (χ4n) is 5.56. The highest BCUT2D eigenvalue weighted by Gasteiger charge is 2.28. The lowest BCUT2D eigenvalue weighted by molar-refractivity contribution is 0.0570. The minimum absolute atomic E-state index is 0.0175. The molecule has 1 N–H and O–H groups in total. The van der Waals surface area contributed by atoms with Crippen LogP contribution < -0.4 is 9.46 Å². The lowest BCUT2D eigenvalue weighted by atomic mass is 10.00. The fourth-order valence-corrected chi connectivity index (χ4v) is 6.55. The first-order valence-electron chi connectivity index (χ1n) is 15.1. The number of nitrogens with one attached hydrogen (secondary N) is 1. The van der Waals surface area contributed by atoms with Gasteiger partial charge in [-0.25, -0.2) is 18.1 Å². The Morgan fingerprint density at radius 2 is 1.67 bits per heavy atom. The largest absolute Gasteiger partial charge is 0.475 e. The third kappa shape index (κ3) is 7.88. The van der Waals surface area contributed by atoms with E-state index in [1.807, 2.05) is 36.9 Å². The molecule has 3 aromatic rings. The number of sulfonamides is 1. The van der Waals surface area contributed by atoms with Crippen LogP contribution in [0, 0.1) is 19.8 Å². The molecule has 42 heavy (non-hydrogen) atoms. The van der Waals surface area contributed by atoms with Gasteiger partial charge in [0.1, 0.15) is 6.61 Å². The molecule has 1 amide bonds. The Morgan fingerprint density at radius 3 is 2.38 bits per heavy atom. The van der Waals surface area contributed by atoms with Crippen LogP contribution in [0.15, 0.2) is 53.4 Å². The van der Waals surface area contributed by atoms with Gasteiger partial charge < -0.3 is 9.64 Å². The van der Waals surface area contributed by atoms with Crippen LogP contribution in [0.5, 0.6) is 5.88 Å². The predicted octanol–water partition coefficient (Wildman–Crippen LogP) is 7.17. The van der Waals surface area contributed by atoms with Crippen LogP contribution in [0.4, 0.5) is 5.95 Å². The fraction of sp³-hybridized carbons (Fsp3) is 0.485. The van der Waals surface area contributed by atoms with Crippen molar-refractivity contribution < 1.29 is 17.9 Å². The molecule has 1 atom stereocenters. The van der Waals surface area contributed by atoms with Crippen molar-refractivity contribution in [3.05, 3.63) is 65.2 Å². The second-order valence-electron chi connectivity index (χ2n) is 11.7. The van der Waals surface area contributed by atoms with Crippen molar-refractivity contribution in [3.63, 3.8) is 0 Å². The smallest absolute Gasteiger partial charge is 0.264 e. The van der Waals surface area contributed by atoms with Crippen LogP contribution in [-0.2, 0) is 10.0 Å². The summed E-state index contributed by atoms with van der Waals surface area (Å²) in [6.07, 6.45) is 7.36. The van der Waals surface area contributed by atoms with Gasteiger partial charge in [0.2, 0.25) is 11.8 Å². The molecule has 8 nitrogen and oxygen atoms in total. The topological polar surface area (TPSA) is 101 Å². The SMILES string of the molecule is CCCCCCCCN1C(=O)c2cccc(c2)S(=O)(=O)Nc2nc(cc(-c3c(C)cccc3C)n2)OC[C@H]1CC(C)C. The summed E-state index contributed by atoms with van der Waals surface area (Å²) in [6.45, 7) is 11.3. The minimum Gasteiger partial charge on any atom is -0.475 e. The van der Waals surface area contributed by atoms with Gasteiger partial charge in [-0.3, -0.25) is 4.79 Å². The van der Waals surface area contributed by atoms with E-state index in [9.17, 15) is 13.2 Å². The predicted molar refractivity (Wildman–Crippen MR) is 167 cm³/mol. The standard InChI is InChI=1S/C33H44N4O4S/c1-6-7-8-9-10-11-18-37-27(19-23(2)3)22-41-30-21-29(31-24(4)14-12-15-25(31)5)34-33(35-30)36-42(39,40)28-17-13-16-26(20-28)32(37)38/h12-17,20-21,23,27H,6-11,18-19,22H2,1-5H3,(H,34,35,36)/t27-/m1/s1. The molecule has 4 rings (SSSR count). The van der Waals surface area contributed by atoms with Crippen molar-refractivity contribution >= 4 is 21.9 Å². The summed E-state index contributed by atoms with van der Waals surface area (Å²) in [4.78, 5) is 24.9. The summed E-state index contributed by atoms with van der Waals surface area (Å²) in [6, 6.07) is 13.7. The van der Waals surface area contributed by atoms with Gasteiger partial charge in [-0.05, 0) is 61.9 Å². The van der Waals surface area contributed by atoms with Gasteiger partial charge in [0, 0.05) is 23.7 Å². The van der Waals surface area contributed by atoms with Crippen molar-refractivity contribution in [2.24, 2.45) is 5.92 Å². The van der Waals surface area contributed by atoms with E-state index < -0.39 is 10.0 Å². The number of carbonyl (C=O) groups is 1. The molecule has 2 aromatic carbocycles. The molecule has 0 radical (unpaired) electrons. The van der Waals surface area contributed by atoms with E-state index in [0.717, 1.165) is 42.4 Å². The second kappa shape index (κ2) is 14.1. The van der Waals surface area contributed by atoms with Gasteiger partial charge in [-0.15, -0.1) is 0 Å². The number of hydrogen-bond acceptors (Lipinski definition) is 6. The summed E-state index contributed by atoms with van der Waals surface area (Å²) < 4.78 is 35.8. The molecule has 1 aliphatic rings. The van der Waals surface area contributed by atoms with Crippen LogP contribution >= 0.6 is 0 Å². The molecule has 0 saturated carbocycles. The van der Waals surface area contributed by atoms with Gasteiger partial charge in [0.15, 0.2) is 0 Å². The number of benzene rings is 2. The zero-order valence-electron chi connectivity index (χ0n) is 25.5. The Labute approximate surface area is 251 Å². The molecule has 1 aromatic heterocycles. The first-order chi connectivity index (χ1) is 20.1. The average molecular weight is 593 g/mol. The summed E-state index contributed by atoms with van der Waals surface area (Å²) in [5.41, 5.74) is 3.81. The monoisotopic (exact) mass is 592 g/mol. The highest BCUT2D eigenvalue weighted by Crippen LogP contribution is 2.30. The highest BCUT2D eigenvalue weighted by molar-refractivity contribution is 7.92. The van der Waals surface area contributed by atoms with Crippen LogP contribution in [-0.4, -0.2) is 48.4 Å². The van der Waals surface area contributed by atoms with Gasteiger partial charge in [-0.1, -0.05) is 77.1 Å². The van der Waals surface area contributed by atoms with Crippen LogP contribution in [0.25, 0.3) is 11.3 Å². The molecule has 0 spiro atoms. The Bertz CT molecular complexity index is 1470. The van der Waals surface area contributed by atoms with Crippen molar-refractivity contribution in [3.8, 4) is 17.1 Å². The molecule has 0 aliphatic carbocycles. The number of amides is 1. The Hall–Kier alpha value is -3.46. The number of unbranched alkanes of at least 4 members (excludes halogenated alkanes) is 5. The van der Waals surface area contributed by atoms with E-state index in [1.165, 1.54) is 31.4 Å². The maximum absolute atomic E-state index is 14.0. The number of anilines is 1. The number of aromatic nitrogens is 2. The average Bonchev–Trinajstić information content (AvgIpc) is 2.94. The summed E-state index contributed by atoms with van der Waals surface area (Å²) >= 11 is 0. The van der Waals surface area contributed by atoms with E-state index in [-0.39, 0.29) is 35.3 Å². The Morgan fingerprint density at radius 1 is 0.976 bits per heavy atom. The molecule has 226 valence electrons. The first kappa shape index (κ1) is 31.5. The van der Waals surface area contributed by atoms with E-state index in [4.69, 9.17) is 4.74 Å². The van der Waals surface area contributed by atoms with Gasteiger partial charge >= 0.3 is 0 Å². The zero-order chi connectivity index (χ0) is 30.3. The summed E-state index contributed by atoms with van der Waals surface area (Å²) in [5.74, 6) is 0.300. The molecular formula is C33H44N4O4S. The molecule has 0 unspecified atom stereocenters. The van der Waals surface area contributed by atoms with Crippen molar-refractivity contribution in [2.45, 2.75) is 90.5 Å². The zero-order valence-corrected chi connectivity index (χ0v) is 26.3. The number of rotatable bonds is 10. The van der Waals surface area contributed by atoms with Crippen molar-refractivity contribution in [2.75, 3.05) is 17.9 Å². The molecule has 0 saturated heterocycles. The van der Waals surface area contributed by atoms with Crippen LogP contribution in [0.2, 0.25) is 0 Å². The number of ether oxygens (including phenoxy) is 1. The maximum atomic E-state index is 14.0. The van der Waals surface area contributed by atoms with Gasteiger partial charge in [0.25, 0.3) is 15.9 Å². The Balaban J connectivity index is 1.78. The van der Waals surface area contributed by atoms with Crippen LogP contribution in [0.1, 0.15) is 87.2 Å². The summed E-state index contributed by atoms with van der Waals surface area (Å²) in [5, 5.41) is 0. The summed E-state index contributed by atoms with van der Waals surface area (Å²) in [7, 11) is -4.08. The van der Waals surface area contributed by atoms with Gasteiger partial charge in [0.05, 0.1) is 16.6 Å². The lowest BCUT2D eigenvalue weighted by Crippen LogP contribution is -2.45.